The van der Waals surface area contributed by atoms with Gasteiger partial charge in [-0.15, -0.1) is 0 Å². The maximum absolute atomic E-state index is 3.95. The fourth-order valence-corrected chi connectivity index (χ4v) is 2.31. The van der Waals surface area contributed by atoms with Gasteiger partial charge in [0, 0.05) is 19.8 Å². The van der Waals surface area contributed by atoms with Crippen molar-refractivity contribution in [2.24, 2.45) is 0 Å². The van der Waals surface area contributed by atoms with Gasteiger partial charge in [0.15, 0.2) is 0 Å². The van der Waals surface area contributed by atoms with E-state index in [2.05, 4.69) is 88.0 Å². The lowest BCUT2D eigenvalue weighted by molar-refractivity contribution is 1.13. The number of anilines is 1. The van der Waals surface area contributed by atoms with E-state index in [0.29, 0.717) is 0 Å². The Morgan fingerprint density at radius 1 is 0.952 bits per heavy atom. The van der Waals surface area contributed by atoms with Crippen LogP contribution in [-0.4, -0.2) is 14.1 Å². The SMILES string of the molecule is C=c1cc/c(=C\C=C\c2ccc(N(C)C)cc2C)c(C)c1. The van der Waals surface area contributed by atoms with E-state index >= 15 is 0 Å². The number of hydrogen-bond donors (Lipinski definition) is 0. The standard InChI is InChI=1S/C20H23N/c1-15-9-10-18(16(2)13-15)7-6-8-19-11-12-20(21(4)5)14-17(19)3/h6-14H,1H2,2-5H3/b8-6+,18-7+. The van der Waals surface area contributed by atoms with Crippen LogP contribution in [0.5, 0.6) is 0 Å². The van der Waals surface area contributed by atoms with E-state index in [1.165, 1.54) is 27.6 Å². The molecule has 0 aromatic heterocycles. The third-order valence-electron chi connectivity index (χ3n) is 3.66. The van der Waals surface area contributed by atoms with Crippen molar-refractivity contribution in [2.45, 2.75) is 13.8 Å². The van der Waals surface area contributed by atoms with E-state index in [1.54, 1.807) is 0 Å². The lowest BCUT2D eigenvalue weighted by atomic mass is 10.1. The summed E-state index contributed by atoms with van der Waals surface area (Å²) in [7, 11) is 4.13. The molecule has 0 saturated carbocycles. The van der Waals surface area contributed by atoms with Crippen molar-refractivity contribution in [3.05, 3.63) is 69.6 Å². The number of aryl methyl sites for hydroxylation is 2. The highest BCUT2D eigenvalue weighted by Gasteiger charge is 1.98. The highest BCUT2D eigenvalue weighted by atomic mass is 15.1. The largest absolute Gasteiger partial charge is 0.378 e. The molecule has 2 aromatic rings. The molecule has 0 unspecified atom stereocenters. The lowest BCUT2D eigenvalue weighted by Gasteiger charge is -2.13. The third-order valence-corrected chi connectivity index (χ3v) is 3.66. The quantitative estimate of drug-likeness (QED) is 0.832. The fraction of sp³-hybridized carbons (Fsp3) is 0.200. The Morgan fingerprint density at radius 3 is 2.33 bits per heavy atom. The average molecular weight is 277 g/mol. The molecule has 2 rings (SSSR count). The van der Waals surface area contributed by atoms with E-state index in [9.17, 15) is 0 Å². The molecule has 0 aliphatic rings. The minimum atomic E-state index is 1.06. The van der Waals surface area contributed by atoms with Crippen molar-refractivity contribution in [1.29, 1.82) is 0 Å². The first-order valence-corrected chi connectivity index (χ1v) is 7.19. The lowest BCUT2D eigenvalue weighted by Crippen LogP contribution is -2.10. The van der Waals surface area contributed by atoms with Crippen LogP contribution in [0.15, 0.2) is 42.5 Å². The summed E-state index contributed by atoms with van der Waals surface area (Å²) < 4.78 is 0. The summed E-state index contributed by atoms with van der Waals surface area (Å²) in [4.78, 5) is 2.12. The van der Waals surface area contributed by atoms with Gasteiger partial charge >= 0.3 is 0 Å². The summed E-state index contributed by atoms with van der Waals surface area (Å²) in [5, 5.41) is 2.30. The number of rotatable bonds is 3. The molecule has 1 nitrogen and oxygen atoms in total. The molecule has 0 N–H and O–H groups in total. The summed E-state index contributed by atoms with van der Waals surface area (Å²) in [6, 6.07) is 12.8. The number of nitrogens with zero attached hydrogens (tertiary/aromatic N) is 1. The van der Waals surface area contributed by atoms with Crippen LogP contribution in [0.25, 0.3) is 18.7 Å². The maximum Gasteiger partial charge on any atom is 0.0364 e. The summed E-state index contributed by atoms with van der Waals surface area (Å²) in [6.07, 6.45) is 6.42. The molecule has 21 heavy (non-hydrogen) atoms. The second-order valence-electron chi connectivity index (χ2n) is 5.65. The van der Waals surface area contributed by atoms with Crippen LogP contribution in [-0.2, 0) is 0 Å². The highest BCUT2D eigenvalue weighted by molar-refractivity contribution is 5.63. The molecule has 0 atom stereocenters. The van der Waals surface area contributed by atoms with E-state index in [1.807, 2.05) is 6.07 Å². The van der Waals surface area contributed by atoms with Crippen molar-refractivity contribution in [3.8, 4) is 0 Å². The second kappa shape index (κ2) is 6.45. The summed E-state index contributed by atoms with van der Waals surface area (Å²) >= 11 is 0. The van der Waals surface area contributed by atoms with Crippen LogP contribution in [0.1, 0.15) is 16.7 Å². The summed E-state index contributed by atoms with van der Waals surface area (Å²) in [5.74, 6) is 0. The van der Waals surface area contributed by atoms with Gasteiger partial charge < -0.3 is 4.90 Å². The molecule has 1 heteroatoms. The molecule has 0 saturated heterocycles. The van der Waals surface area contributed by atoms with E-state index in [4.69, 9.17) is 0 Å². The van der Waals surface area contributed by atoms with Gasteiger partial charge in [0.25, 0.3) is 0 Å². The Balaban J connectivity index is 2.27. The van der Waals surface area contributed by atoms with Gasteiger partial charge in [-0.1, -0.05) is 49.1 Å². The number of allylic oxidation sites excluding steroid dienone is 1. The summed E-state index contributed by atoms with van der Waals surface area (Å²) in [5.41, 5.74) is 5.03. The van der Waals surface area contributed by atoms with Crippen LogP contribution in [0.3, 0.4) is 0 Å². The van der Waals surface area contributed by atoms with Crippen molar-refractivity contribution in [1.82, 2.24) is 0 Å². The predicted molar refractivity (Wildman–Crippen MR) is 95.0 cm³/mol. The van der Waals surface area contributed by atoms with Crippen molar-refractivity contribution in [3.63, 3.8) is 0 Å². The molecule has 0 bridgehead atoms. The first-order chi connectivity index (χ1) is 9.97. The van der Waals surface area contributed by atoms with Crippen LogP contribution in [0.2, 0.25) is 0 Å². The van der Waals surface area contributed by atoms with Gasteiger partial charge in [0.05, 0.1) is 0 Å². The second-order valence-corrected chi connectivity index (χ2v) is 5.65. The molecule has 0 heterocycles. The Morgan fingerprint density at radius 2 is 1.71 bits per heavy atom. The molecular weight excluding hydrogens is 254 g/mol. The van der Waals surface area contributed by atoms with Crippen molar-refractivity contribution >= 4 is 24.4 Å². The Bertz CT molecular complexity index is 767. The molecular formula is C20H23N. The van der Waals surface area contributed by atoms with Crippen molar-refractivity contribution in [2.75, 3.05) is 19.0 Å². The molecule has 0 spiro atoms. The van der Waals surface area contributed by atoms with Crippen LogP contribution >= 0.6 is 0 Å². The highest BCUT2D eigenvalue weighted by Crippen LogP contribution is 2.18. The molecule has 0 fully saturated rings. The monoisotopic (exact) mass is 277 g/mol. The van der Waals surface area contributed by atoms with Gasteiger partial charge in [-0.25, -0.2) is 0 Å². The van der Waals surface area contributed by atoms with Gasteiger partial charge in [0.1, 0.15) is 0 Å². The molecule has 0 amide bonds. The van der Waals surface area contributed by atoms with Crippen LogP contribution in [0.4, 0.5) is 5.69 Å². The molecule has 2 aromatic carbocycles. The van der Waals surface area contributed by atoms with Crippen LogP contribution in [0, 0.1) is 13.8 Å². The van der Waals surface area contributed by atoms with E-state index < -0.39 is 0 Å². The minimum Gasteiger partial charge on any atom is -0.378 e. The van der Waals surface area contributed by atoms with Gasteiger partial charge in [-0.3, -0.25) is 0 Å². The maximum atomic E-state index is 3.95. The Kier molecular flexibility index (Phi) is 4.64. The zero-order valence-corrected chi connectivity index (χ0v) is 13.4. The van der Waals surface area contributed by atoms with Crippen LogP contribution < -0.4 is 15.3 Å². The number of hydrogen-bond acceptors (Lipinski definition) is 1. The smallest absolute Gasteiger partial charge is 0.0364 e. The molecule has 0 radical (unpaired) electrons. The van der Waals surface area contributed by atoms with E-state index in [0.717, 1.165) is 5.22 Å². The molecule has 0 aliphatic heterocycles. The normalized spacial score (nSPS) is 12.1. The van der Waals surface area contributed by atoms with Gasteiger partial charge in [0.2, 0.25) is 0 Å². The number of benzene rings is 2. The average Bonchev–Trinajstić information content (AvgIpc) is 2.42. The first kappa shape index (κ1) is 15.1. The minimum absolute atomic E-state index is 1.06. The molecule has 0 aliphatic carbocycles. The summed E-state index contributed by atoms with van der Waals surface area (Å²) in [6.45, 7) is 8.21. The Labute approximate surface area is 127 Å². The van der Waals surface area contributed by atoms with Gasteiger partial charge in [-0.05, 0) is 53.1 Å². The van der Waals surface area contributed by atoms with Crippen molar-refractivity contribution < 1.29 is 0 Å². The Hall–Kier alpha value is -2.28. The van der Waals surface area contributed by atoms with Gasteiger partial charge in [-0.2, -0.15) is 0 Å². The third kappa shape index (κ3) is 3.85. The topological polar surface area (TPSA) is 3.24 Å². The van der Waals surface area contributed by atoms with E-state index in [-0.39, 0.29) is 0 Å². The molecule has 108 valence electrons. The predicted octanol–water partition coefficient (Wildman–Crippen LogP) is 3.27. The fourth-order valence-electron chi connectivity index (χ4n) is 2.31. The first-order valence-electron chi connectivity index (χ1n) is 7.19. The zero-order valence-electron chi connectivity index (χ0n) is 13.4. The zero-order chi connectivity index (χ0) is 15.4.